The molecule has 0 atom stereocenters. The van der Waals surface area contributed by atoms with Gasteiger partial charge in [0, 0.05) is 13.6 Å². The van der Waals surface area contributed by atoms with Gasteiger partial charge in [-0.3, -0.25) is 9.59 Å². The Morgan fingerprint density at radius 1 is 1.24 bits per heavy atom. The Kier molecular flexibility index (Phi) is 5.86. The summed E-state index contributed by atoms with van der Waals surface area (Å²) < 4.78 is 25.8. The van der Waals surface area contributed by atoms with Crippen molar-refractivity contribution in [2.24, 2.45) is 0 Å². The van der Waals surface area contributed by atoms with Crippen LogP contribution < -0.4 is 5.32 Å². The van der Waals surface area contributed by atoms with E-state index in [1.165, 1.54) is 31.3 Å². The number of likely N-dealkylation sites (N-methyl/N-ethyl adjacent to an activating group) is 2. The van der Waals surface area contributed by atoms with Crippen LogP contribution in [0.5, 0.6) is 0 Å². The molecular weight excluding hydrogens is 296 g/mol. The summed E-state index contributed by atoms with van der Waals surface area (Å²) in [6.45, 7) is 1.54. The molecule has 1 aromatic rings. The Labute approximate surface area is 123 Å². The van der Waals surface area contributed by atoms with Crippen LogP contribution in [0.3, 0.4) is 0 Å². The highest BCUT2D eigenvalue weighted by atomic mass is 32.2. The molecule has 0 aliphatic carbocycles. The normalized spacial score (nSPS) is 11.4. The van der Waals surface area contributed by atoms with Gasteiger partial charge in [-0.15, -0.1) is 0 Å². The third-order valence-electron chi connectivity index (χ3n) is 2.87. The number of carboxylic acids is 1. The molecule has 0 saturated carbocycles. The lowest BCUT2D eigenvalue weighted by atomic mass is 10.2. The average Bonchev–Trinajstić information content (AvgIpc) is 2.44. The van der Waals surface area contributed by atoms with Gasteiger partial charge in [-0.2, -0.15) is 4.31 Å². The van der Waals surface area contributed by atoms with Gasteiger partial charge in [-0.1, -0.05) is 19.1 Å². The highest BCUT2D eigenvalue weighted by Gasteiger charge is 2.24. The maximum absolute atomic E-state index is 12.4. The van der Waals surface area contributed by atoms with Gasteiger partial charge in [0.25, 0.3) is 0 Å². The van der Waals surface area contributed by atoms with Gasteiger partial charge in [0.05, 0.1) is 17.9 Å². The first-order chi connectivity index (χ1) is 9.81. The second-order valence-corrected chi connectivity index (χ2v) is 6.26. The zero-order chi connectivity index (χ0) is 16.0. The van der Waals surface area contributed by atoms with Crippen molar-refractivity contribution < 1.29 is 23.1 Å². The van der Waals surface area contributed by atoms with E-state index in [2.05, 4.69) is 5.32 Å². The van der Waals surface area contributed by atoms with Gasteiger partial charge < -0.3 is 10.4 Å². The number of aliphatic carboxylic acids is 1. The zero-order valence-electron chi connectivity index (χ0n) is 11.9. The maximum Gasteiger partial charge on any atom is 0.307 e. The Balaban J connectivity index is 3.00. The fraction of sp³-hybridized carbons (Fsp3) is 0.385. The summed E-state index contributed by atoms with van der Waals surface area (Å²) in [6, 6.07) is 5.60. The third kappa shape index (κ3) is 4.54. The number of amides is 1. The number of carbonyl (C=O) groups is 2. The molecule has 7 nitrogen and oxygen atoms in total. The van der Waals surface area contributed by atoms with E-state index >= 15 is 0 Å². The van der Waals surface area contributed by atoms with E-state index < -0.39 is 21.9 Å². The van der Waals surface area contributed by atoms with Gasteiger partial charge in [-0.25, -0.2) is 8.42 Å². The van der Waals surface area contributed by atoms with Crippen LogP contribution in [0, 0.1) is 0 Å². The minimum atomic E-state index is -3.78. The SMILES string of the molecule is CCN(CC(=O)NC)S(=O)(=O)c1ccc(CC(=O)O)cc1. The molecule has 0 aliphatic heterocycles. The Morgan fingerprint density at radius 2 is 1.81 bits per heavy atom. The second kappa shape index (κ2) is 7.19. The van der Waals surface area contributed by atoms with Crippen LogP contribution in [0.4, 0.5) is 0 Å². The Hall–Kier alpha value is -1.93. The zero-order valence-corrected chi connectivity index (χ0v) is 12.7. The molecule has 1 aromatic carbocycles. The molecule has 0 spiro atoms. The highest BCUT2D eigenvalue weighted by Crippen LogP contribution is 2.16. The van der Waals surface area contributed by atoms with Crippen molar-refractivity contribution in [2.45, 2.75) is 18.2 Å². The van der Waals surface area contributed by atoms with Crippen molar-refractivity contribution in [2.75, 3.05) is 20.1 Å². The van der Waals surface area contributed by atoms with Gasteiger partial charge in [0.1, 0.15) is 0 Å². The third-order valence-corrected chi connectivity index (χ3v) is 4.80. The molecule has 21 heavy (non-hydrogen) atoms. The molecule has 1 rings (SSSR count). The molecule has 0 saturated heterocycles. The average molecular weight is 314 g/mol. The molecule has 0 aliphatic rings. The summed E-state index contributed by atoms with van der Waals surface area (Å²) in [5, 5.41) is 11.1. The van der Waals surface area contributed by atoms with E-state index in [0.717, 1.165) is 4.31 Å². The summed E-state index contributed by atoms with van der Waals surface area (Å²) in [5.41, 5.74) is 0.510. The minimum Gasteiger partial charge on any atom is -0.481 e. The van der Waals surface area contributed by atoms with Crippen LogP contribution in [0.1, 0.15) is 12.5 Å². The lowest BCUT2D eigenvalue weighted by Gasteiger charge is -2.19. The van der Waals surface area contributed by atoms with Crippen LogP contribution in [0.25, 0.3) is 0 Å². The Morgan fingerprint density at radius 3 is 2.24 bits per heavy atom. The van der Waals surface area contributed by atoms with Crippen LogP contribution in [0.15, 0.2) is 29.2 Å². The van der Waals surface area contributed by atoms with E-state index in [1.54, 1.807) is 6.92 Å². The summed E-state index contributed by atoms with van der Waals surface area (Å²) in [4.78, 5) is 22.0. The molecular formula is C13H18N2O5S. The number of carboxylic acid groups (broad SMARTS) is 1. The van der Waals surface area contributed by atoms with Gasteiger partial charge in [-0.05, 0) is 17.7 Å². The maximum atomic E-state index is 12.4. The number of nitrogens with zero attached hydrogens (tertiary/aromatic N) is 1. The largest absolute Gasteiger partial charge is 0.481 e. The minimum absolute atomic E-state index is 0.0300. The molecule has 0 bridgehead atoms. The number of carbonyl (C=O) groups excluding carboxylic acids is 1. The fourth-order valence-corrected chi connectivity index (χ4v) is 3.11. The first kappa shape index (κ1) is 17.1. The predicted octanol–water partition coefficient (Wildman–Crippen LogP) is 0.0703. The molecule has 1 amide bonds. The summed E-state index contributed by atoms with van der Waals surface area (Å²) in [5.74, 6) is -1.39. The predicted molar refractivity (Wildman–Crippen MR) is 76.3 cm³/mol. The highest BCUT2D eigenvalue weighted by molar-refractivity contribution is 7.89. The van der Waals surface area contributed by atoms with Gasteiger partial charge in [0.15, 0.2) is 0 Å². The lowest BCUT2D eigenvalue weighted by Crippen LogP contribution is -2.39. The quantitative estimate of drug-likeness (QED) is 0.741. The summed E-state index contributed by atoms with van der Waals surface area (Å²) in [6.07, 6.45) is -0.171. The molecule has 0 radical (unpaired) electrons. The lowest BCUT2D eigenvalue weighted by molar-refractivity contribution is -0.136. The van der Waals surface area contributed by atoms with Crippen molar-refractivity contribution in [3.8, 4) is 0 Å². The number of benzene rings is 1. The Bertz CT molecular complexity index is 610. The van der Waals surface area contributed by atoms with E-state index in [9.17, 15) is 18.0 Å². The molecule has 116 valence electrons. The standard InChI is InChI=1S/C13H18N2O5S/c1-3-15(9-12(16)14-2)21(19,20)11-6-4-10(5-7-11)8-13(17)18/h4-7H,3,8-9H2,1-2H3,(H,14,16)(H,17,18). The van der Waals surface area contributed by atoms with E-state index in [0.29, 0.717) is 5.56 Å². The van der Waals surface area contributed by atoms with E-state index in [1.807, 2.05) is 0 Å². The number of rotatable bonds is 7. The van der Waals surface area contributed by atoms with Crippen molar-refractivity contribution in [1.29, 1.82) is 0 Å². The molecule has 0 unspecified atom stereocenters. The molecule has 0 aromatic heterocycles. The second-order valence-electron chi connectivity index (χ2n) is 4.32. The smallest absolute Gasteiger partial charge is 0.307 e. The number of hydrogen-bond acceptors (Lipinski definition) is 4. The number of nitrogens with one attached hydrogen (secondary N) is 1. The molecule has 0 heterocycles. The summed E-state index contributed by atoms with van der Waals surface area (Å²) >= 11 is 0. The monoisotopic (exact) mass is 314 g/mol. The number of hydrogen-bond donors (Lipinski definition) is 2. The topological polar surface area (TPSA) is 104 Å². The van der Waals surface area contributed by atoms with Crippen LogP contribution in [-0.4, -0.2) is 49.8 Å². The van der Waals surface area contributed by atoms with Crippen molar-refractivity contribution in [3.05, 3.63) is 29.8 Å². The first-order valence-corrected chi connectivity index (χ1v) is 7.76. The first-order valence-electron chi connectivity index (χ1n) is 6.32. The van der Waals surface area contributed by atoms with Crippen molar-refractivity contribution in [3.63, 3.8) is 0 Å². The van der Waals surface area contributed by atoms with Crippen molar-refractivity contribution >= 4 is 21.9 Å². The van der Waals surface area contributed by atoms with E-state index in [4.69, 9.17) is 5.11 Å². The van der Waals surface area contributed by atoms with Crippen LogP contribution >= 0.6 is 0 Å². The molecule has 2 N–H and O–H groups in total. The molecule has 0 fully saturated rings. The number of sulfonamides is 1. The van der Waals surface area contributed by atoms with Gasteiger partial charge >= 0.3 is 5.97 Å². The molecule has 8 heteroatoms. The van der Waals surface area contributed by atoms with Gasteiger partial charge in [0.2, 0.25) is 15.9 Å². The van der Waals surface area contributed by atoms with Crippen LogP contribution in [0.2, 0.25) is 0 Å². The summed E-state index contributed by atoms with van der Waals surface area (Å²) in [7, 11) is -2.34. The van der Waals surface area contributed by atoms with Crippen molar-refractivity contribution in [1.82, 2.24) is 9.62 Å². The van der Waals surface area contributed by atoms with Crippen LogP contribution in [-0.2, 0) is 26.0 Å². The fourth-order valence-electron chi connectivity index (χ4n) is 1.71. The van der Waals surface area contributed by atoms with E-state index in [-0.39, 0.29) is 24.4 Å².